The topological polar surface area (TPSA) is 0 Å². The second-order valence-electron chi connectivity index (χ2n) is 4.86. The zero-order valence-electron chi connectivity index (χ0n) is 10.3. The van der Waals surface area contributed by atoms with Crippen molar-refractivity contribution in [3.05, 3.63) is 40.2 Å². The van der Waals surface area contributed by atoms with Gasteiger partial charge in [0.2, 0.25) is 0 Å². The van der Waals surface area contributed by atoms with Crippen molar-refractivity contribution in [2.75, 3.05) is 5.88 Å². The fraction of sp³-hybridized carbons (Fsp3) is 0.467. The van der Waals surface area contributed by atoms with E-state index in [2.05, 4.69) is 0 Å². The second kappa shape index (κ2) is 6.58. The van der Waals surface area contributed by atoms with Gasteiger partial charge in [0.05, 0.1) is 5.02 Å². The van der Waals surface area contributed by atoms with Crippen LogP contribution in [0, 0.1) is 11.7 Å². The molecule has 0 amide bonds. The molecular formula is C15H17Cl2F. The Morgan fingerprint density at radius 3 is 2.61 bits per heavy atom. The van der Waals surface area contributed by atoms with Gasteiger partial charge in [-0.1, -0.05) is 48.6 Å². The molecule has 0 unspecified atom stereocenters. The van der Waals surface area contributed by atoms with Gasteiger partial charge in [0.15, 0.2) is 0 Å². The molecular weight excluding hydrogens is 270 g/mol. The van der Waals surface area contributed by atoms with Crippen molar-refractivity contribution in [1.82, 2.24) is 0 Å². The summed E-state index contributed by atoms with van der Waals surface area (Å²) in [4.78, 5) is 0. The molecule has 1 fully saturated rings. The molecule has 0 saturated heterocycles. The minimum absolute atomic E-state index is 0.164. The molecule has 1 aromatic rings. The zero-order valence-corrected chi connectivity index (χ0v) is 11.8. The predicted octanol–water partition coefficient (Wildman–Crippen LogP) is 5.68. The molecule has 1 saturated carbocycles. The summed E-state index contributed by atoms with van der Waals surface area (Å²) in [7, 11) is 0. The Bertz CT molecular complexity index is 434. The number of rotatable bonds is 3. The van der Waals surface area contributed by atoms with Crippen molar-refractivity contribution < 1.29 is 4.39 Å². The molecule has 0 aliphatic heterocycles. The lowest BCUT2D eigenvalue weighted by Crippen LogP contribution is -2.10. The molecule has 2 rings (SSSR count). The molecule has 1 aliphatic carbocycles. The number of hydrogen-bond donors (Lipinski definition) is 0. The normalized spacial score (nSPS) is 18.1. The van der Waals surface area contributed by atoms with E-state index >= 15 is 0 Å². The van der Waals surface area contributed by atoms with Crippen molar-refractivity contribution in [2.45, 2.75) is 32.1 Å². The molecule has 3 heteroatoms. The maximum Gasteiger partial charge on any atom is 0.142 e. The predicted molar refractivity (Wildman–Crippen MR) is 76.7 cm³/mol. The molecule has 1 aromatic carbocycles. The lowest BCUT2D eigenvalue weighted by Gasteiger charge is -2.23. The summed E-state index contributed by atoms with van der Waals surface area (Å²) in [5, 5.41) is 0.164. The fourth-order valence-corrected chi connectivity index (χ4v) is 2.97. The largest absolute Gasteiger partial charge is 0.205 e. The third-order valence-electron chi connectivity index (χ3n) is 3.58. The first-order valence-corrected chi connectivity index (χ1v) is 7.33. The minimum atomic E-state index is -0.372. The molecule has 0 heterocycles. The van der Waals surface area contributed by atoms with Crippen LogP contribution >= 0.6 is 23.2 Å². The summed E-state index contributed by atoms with van der Waals surface area (Å²) in [6.45, 7) is 0. The number of allylic oxidation sites excluding steroid dienone is 1. The highest BCUT2D eigenvalue weighted by Gasteiger charge is 2.17. The van der Waals surface area contributed by atoms with Crippen molar-refractivity contribution in [1.29, 1.82) is 0 Å². The third kappa shape index (κ3) is 3.49. The molecule has 0 spiro atoms. The van der Waals surface area contributed by atoms with Gasteiger partial charge in [-0.15, -0.1) is 11.6 Å². The standard InChI is InChI=1S/C15H17Cl2F/c16-10-13(12-4-2-1-3-5-12)8-11-6-7-14(17)15(18)9-11/h6-9,12H,1-5,10H2. The van der Waals surface area contributed by atoms with Gasteiger partial charge in [0.1, 0.15) is 5.82 Å². The number of hydrogen-bond acceptors (Lipinski definition) is 0. The van der Waals surface area contributed by atoms with Crippen LogP contribution in [0.4, 0.5) is 4.39 Å². The van der Waals surface area contributed by atoms with Crippen molar-refractivity contribution in [3.63, 3.8) is 0 Å². The van der Waals surface area contributed by atoms with E-state index in [0.29, 0.717) is 11.8 Å². The van der Waals surface area contributed by atoms with Crippen LogP contribution in [0.3, 0.4) is 0 Å². The first-order chi connectivity index (χ1) is 8.70. The van der Waals surface area contributed by atoms with Gasteiger partial charge in [0, 0.05) is 5.88 Å². The van der Waals surface area contributed by atoms with E-state index in [1.165, 1.54) is 43.7 Å². The van der Waals surface area contributed by atoms with E-state index < -0.39 is 0 Å². The summed E-state index contributed by atoms with van der Waals surface area (Å²) in [5.74, 6) is 0.715. The Kier molecular flexibility index (Phi) is 5.08. The van der Waals surface area contributed by atoms with E-state index in [1.807, 2.05) is 12.1 Å². The number of alkyl halides is 1. The summed E-state index contributed by atoms with van der Waals surface area (Å²) in [5.41, 5.74) is 2.07. The Balaban J connectivity index is 2.19. The van der Waals surface area contributed by atoms with Crippen LogP contribution in [0.1, 0.15) is 37.7 Å². The summed E-state index contributed by atoms with van der Waals surface area (Å²) < 4.78 is 13.4. The SMILES string of the molecule is Fc1cc(C=C(CCl)C2CCCCC2)ccc1Cl. The van der Waals surface area contributed by atoms with Gasteiger partial charge >= 0.3 is 0 Å². The molecule has 0 aromatic heterocycles. The van der Waals surface area contributed by atoms with E-state index in [0.717, 1.165) is 5.56 Å². The van der Waals surface area contributed by atoms with Gasteiger partial charge in [0.25, 0.3) is 0 Å². The fourth-order valence-electron chi connectivity index (χ4n) is 2.56. The van der Waals surface area contributed by atoms with Crippen LogP contribution in [-0.4, -0.2) is 5.88 Å². The van der Waals surface area contributed by atoms with Crippen molar-refractivity contribution in [2.24, 2.45) is 5.92 Å². The van der Waals surface area contributed by atoms with E-state index in [1.54, 1.807) is 6.07 Å². The summed E-state index contributed by atoms with van der Waals surface area (Å²) in [6, 6.07) is 4.90. The maximum absolute atomic E-state index is 13.4. The highest BCUT2D eigenvalue weighted by atomic mass is 35.5. The highest BCUT2D eigenvalue weighted by molar-refractivity contribution is 6.30. The smallest absolute Gasteiger partial charge is 0.142 e. The van der Waals surface area contributed by atoms with Crippen LogP contribution in [0.15, 0.2) is 23.8 Å². The van der Waals surface area contributed by atoms with Gasteiger partial charge in [-0.05, 0) is 36.5 Å². The lowest BCUT2D eigenvalue weighted by molar-refractivity contribution is 0.405. The summed E-state index contributed by atoms with van der Waals surface area (Å²) in [6.07, 6.45) is 8.29. The summed E-state index contributed by atoms with van der Waals surface area (Å²) >= 11 is 11.7. The first kappa shape index (κ1) is 13.9. The number of benzene rings is 1. The van der Waals surface area contributed by atoms with Crippen molar-refractivity contribution in [3.8, 4) is 0 Å². The molecule has 0 radical (unpaired) electrons. The van der Waals surface area contributed by atoms with Crippen LogP contribution < -0.4 is 0 Å². The first-order valence-electron chi connectivity index (χ1n) is 6.42. The molecule has 18 heavy (non-hydrogen) atoms. The lowest BCUT2D eigenvalue weighted by atomic mass is 9.84. The number of halogens is 3. The van der Waals surface area contributed by atoms with E-state index in [9.17, 15) is 4.39 Å². The minimum Gasteiger partial charge on any atom is -0.205 e. The molecule has 0 atom stereocenters. The Hall–Kier alpha value is -0.530. The van der Waals surface area contributed by atoms with Gasteiger partial charge in [-0.25, -0.2) is 4.39 Å². The Morgan fingerprint density at radius 2 is 2.00 bits per heavy atom. The Labute approximate surface area is 118 Å². The van der Waals surface area contributed by atoms with Crippen LogP contribution in [-0.2, 0) is 0 Å². The Morgan fingerprint density at radius 1 is 1.28 bits per heavy atom. The average molecular weight is 287 g/mol. The van der Waals surface area contributed by atoms with E-state index in [4.69, 9.17) is 23.2 Å². The monoisotopic (exact) mass is 286 g/mol. The average Bonchev–Trinajstić information content (AvgIpc) is 2.41. The molecule has 0 nitrogen and oxygen atoms in total. The zero-order chi connectivity index (χ0) is 13.0. The molecule has 1 aliphatic rings. The van der Waals surface area contributed by atoms with Gasteiger partial charge < -0.3 is 0 Å². The molecule has 98 valence electrons. The highest BCUT2D eigenvalue weighted by Crippen LogP contribution is 2.31. The quantitative estimate of drug-likeness (QED) is 0.627. The molecule has 0 N–H and O–H groups in total. The second-order valence-corrected chi connectivity index (χ2v) is 5.54. The third-order valence-corrected chi connectivity index (χ3v) is 4.19. The van der Waals surface area contributed by atoms with Crippen LogP contribution in [0.5, 0.6) is 0 Å². The molecule has 0 bridgehead atoms. The van der Waals surface area contributed by atoms with E-state index in [-0.39, 0.29) is 10.8 Å². The van der Waals surface area contributed by atoms with Gasteiger partial charge in [-0.3, -0.25) is 0 Å². The van der Waals surface area contributed by atoms with Crippen LogP contribution in [0.25, 0.3) is 6.08 Å². The van der Waals surface area contributed by atoms with Crippen LogP contribution in [0.2, 0.25) is 5.02 Å². The van der Waals surface area contributed by atoms with Crippen molar-refractivity contribution >= 4 is 29.3 Å². The maximum atomic E-state index is 13.4. The van der Waals surface area contributed by atoms with Gasteiger partial charge in [-0.2, -0.15) is 0 Å².